The number of likely N-dealkylation sites (tertiary alicyclic amines) is 1. The molecule has 0 N–H and O–H groups in total. The number of hydrogen-bond donors (Lipinski definition) is 1. The van der Waals surface area contributed by atoms with Gasteiger partial charge in [-0.15, -0.1) is 0 Å². The molecule has 1 heterocycles. The SMILES string of the molecule is CCC(CS)CN1CCCC(COC)C1. The summed E-state index contributed by atoms with van der Waals surface area (Å²) in [7, 11) is 1.81. The first-order chi connectivity index (χ1) is 7.30. The molecular formula is C12H25NOS. The molecule has 1 rings (SSSR count). The molecule has 0 amide bonds. The number of ether oxygens (including phenoxy) is 1. The zero-order valence-corrected chi connectivity index (χ0v) is 11.0. The van der Waals surface area contributed by atoms with Crippen LogP contribution in [-0.2, 0) is 4.74 Å². The number of piperidine rings is 1. The first-order valence-electron chi connectivity index (χ1n) is 6.12. The molecular weight excluding hydrogens is 206 g/mol. The summed E-state index contributed by atoms with van der Waals surface area (Å²) in [4.78, 5) is 2.59. The van der Waals surface area contributed by atoms with Crippen LogP contribution in [0.4, 0.5) is 0 Å². The van der Waals surface area contributed by atoms with Crippen molar-refractivity contribution in [3.63, 3.8) is 0 Å². The molecule has 0 bridgehead atoms. The third-order valence-electron chi connectivity index (χ3n) is 3.36. The Kier molecular flexibility index (Phi) is 6.69. The molecule has 0 spiro atoms. The molecule has 1 aliphatic heterocycles. The van der Waals surface area contributed by atoms with E-state index >= 15 is 0 Å². The van der Waals surface area contributed by atoms with Gasteiger partial charge in [-0.1, -0.05) is 13.3 Å². The van der Waals surface area contributed by atoms with E-state index in [4.69, 9.17) is 4.74 Å². The molecule has 1 fully saturated rings. The molecule has 0 aliphatic carbocycles. The molecule has 1 saturated heterocycles. The lowest BCUT2D eigenvalue weighted by Crippen LogP contribution is -2.40. The van der Waals surface area contributed by atoms with Crippen molar-refractivity contribution in [3.05, 3.63) is 0 Å². The van der Waals surface area contributed by atoms with Crippen molar-refractivity contribution in [1.29, 1.82) is 0 Å². The van der Waals surface area contributed by atoms with Crippen LogP contribution in [0.25, 0.3) is 0 Å². The summed E-state index contributed by atoms with van der Waals surface area (Å²) in [6.07, 6.45) is 3.91. The Hall–Kier alpha value is 0.270. The second-order valence-corrected chi connectivity index (χ2v) is 5.05. The minimum absolute atomic E-state index is 0.751. The Balaban J connectivity index is 2.28. The van der Waals surface area contributed by atoms with Gasteiger partial charge in [0.25, 0.3) is 0 Å². The van der Waals surface area contributed by atoms with Crippen molar-refractivity contribution < 1.29 is 4.74 Å². The van der Waals surface area contributed by atoms with E-state index < -0.39 is 0 Å². The molecule has 0 aromatic carbocycles. The van der Waals surface area contributed by atoms with Crippen LogP contribution in [0.1, 0.15) is 26.2 Å². The maximum absolute atomic E-state index is 5.25. The highest BCUT2D eigenvalue weighted by Gasteiger charge is 2.21. The highest BCUT2D eigenvalue weighted by Crippen LogP contribution is 2.18. The van der Waals surface area contributed by atoms with Crippen LogP contribution in [0, 0.1) is 11.8 Å². The van der Waals surface area contributed by atoms with Crippen molar-refractivity contribution in [2.45, 2.75) is 26.2 Å². The Morgan fingerprint density at radius 3 is 2.93 bits per heavy atom. The maximum atomic E-state index is 5.25. The van der Waals surface area contributed by atoms with E-state index in [1.165, 1.54) is 38.9 Å². The number of nitrogens with zero attached hydrogens (tertiary/aromatic N) is 1. The molecule has 2 nitrogen and oxygen atoms in total. The van der Waals surface area contributed by atoms with Crippen molar-refractivity contribution >= 4 is 12.6 Å². The fourth-order valence-corrected chi connectivity index (χ4v) is 2.74. The topological polar surface area (TPSA) is 12.5 Å². The summed E-state index contributed by atoms with van der Waals surface area (Å²) >= 11 is 4.41. The van der Waals surface area contributed by atoms with Crippen LogP contribution in [0.15, 0.2) is 0 Å². The normalized spacial score (nSPS) is 25.4. The average Bonchev–Trinajstić information content (AvgIpc) is 2.27. The summed E-state index contributed by atoms with van der Waals surface area (Å²) in [6.45, 7) is 6.90. The summed E-state index contributed by atoms with van der Waals surface area (Å²) in [5.74, 6) is 2.53. The van der Waals surface area contributed by atoms with Crippen LogP contribution < -0.4 is 0 Å². The smallest absolute Gasteiger partial charge is 0.0502 e. The van der Waals surface area contributed by atoms with Crippen LogP contribution >= 0.6 is 12.6 Å². The number of methoxy groups -OCH3 is 1. The van der Waals surface area contributed by atoms with Gasteiger partial charge in [-0.05, 0) is 37.0 Å². The molecule has 3 heteroatoms. The zero-order chi connectivity index (χ0) is 11.1. The van der Waals surface area contributed by atoms with Crippen molar-refractivity contribution in [2.24, 2.45) is 11.8 Å². The highest BCUT2D eigenvalue weighted by atomic mass is 32.1. The standard InChI is InChI=1S/C12H25NOS/c1-3-11(10-15)7-13-6-4-5-12(8-13)9-14-2/h11-12,15H,3-10H2,1-2H3. The van der Waals surface area contributed by atoms with E-state index in [0.717, 1.165) is 24.2 Å². The second-order valence-electron chi connectivity index (χ2n) is 4.68. The molecule has 90 valence electrons. The number of rotatable bonds is 6. The van der Waals surface area contributed by atoms with Gasteiger partial charge in [0.2, 0.25) is 0 Å². The molecule has 2 atom stereocenters. The molecule has 0 aromatic heterocycles. The van der Waals surface area contributed by atoms with E-state index in [9.17, 15) is 0 Å². The Morgan fingerprint density at radius 2 is 2.33 bits per heavy atom. The van der Waals surface area contributed by atoms with Crippen LogP contribution in [0.5, 0.6) is 0 Å². The van der Waals surface area contributed by atoms with Crippen LogP contribution in [-0.4, -0.2) is 44.0 Å². The molecule has 0 aromatic rings. The van der Waals surface area contributed by atoms with E-state index in [2.05, 4.69) is 24.5 Å². The Bertz CT molecular complexity index is 160. The fourth-order valence-electron chi connectivity index (χ4n) is 2.37. The lowest BCUT2D eigenvalue weighted by atomic mass is 9.97. The van der Waals surface area contributed by atoms with E-state index in [-0.39, 0.29) is 0 Å². The average molecular weight is 231 g/mol. The van der Waals surface area contributed by atoms with Gasteiger partial charge in [0.05, 0.1) is 6.61 Å². The summed E-state index contributed by atoms with van der Waals surface area (Å²) in [6, 6.07) is 0. The quantitative estimate of drug-likeness (QED) is 0.704. The van der Waals surface area contributed by atoms with Gasteiger partial charge in [-0.2, -0.15) is 12.6 Å². The molecule has 0 radical (unpaired) electrons. The van der Waals surface area contributed by atoms with Gasteiger partial charge < -0.3 is 9.64 Å². The highest BCUT2D eigenvalue weighted by molar-refractivity contribution is 7.80. The van der Waals surface area contributed by atoms with E-state index in [1.54, 1.807) is 0 Å². The zero-order valence-electron chi connectivity index (χ0n) is 10.1. The van der Waals surface area contributed by atoms with Gasteiger partial charge in [-0.3, -0.25) is 0 Å². The Labute approximate surface area is 99.8 Å². The first-order valence-corrected chi connectivity index (χ1v) is 6.75. The predicted molar refractivity (Wildman–Crippen MR) is 68.7 cm³/mol. The number of thiol groups is 1. The molecule has 0 saturated carbocycles. The lowest BCUT2D eigenvalue weighted by Gasteiger charge is -2.34. The van der Waals surface area contributed by atoms with E-state index in [1.807, 2.05) is 7.11 Å². The molecule has 15 heavy (non-hydrogen) atoms. The van der Waals surface area contributed by atoms with Crippen molar-refractivity contribution in [2.75, 3.05) is 39.1 Å². The van der Waals surface area contributed by atoms with Crippen LogP contribution in [0.3, 0.4) is 0 Å². The third-order valence-corrected chi connectivity index (χ3v) is 3.87. The van der Waals surface area contributed by atoms with Gasteiger partial charge in [0, 0.05) is 20.2 Å². The maximum Gasteiger partial charge on any atom is 0.0502 e. The fraction of sp³-hybridized carbons (Fsp3) is 1.00. The Morgan fingerprint density at radius 1 is 1.53 bits per heavy atom. The van der Waals surface area contributed by atoms with Gasteiger partial charge in [0.1, 0.15) is 0 Å². The molecule has 2 unspecified atom stereocenters. The first kappa shape index (κ1) is 13.3. The van der Waals surface area contributed by atoms with Crippen molar-refractivity contribution in [3.8, 4) is 0 Å². The largest absolute Gasteiger partial charge is 0.384 e. The van der Waals surface area contributed by atoms with Gasteiger partial charge >= 0.3 is 0 Å². The molecule has 1 aliphatic rings. The van der Waals surface area contributed by atoms with Crippen molar-refractivity contribution in [1.82, 2.24) is 4.90 Å². The summed E-state index contributed by atoms with van der Waals surface area (Å²) in [5.41, 5.74) is 0. The predicted octanol–water partition coefficient (Wildman–Crippen LogP) is 2.30. The third kappa shape index (κ3) is 4.75. The summed E-state index contributed by atoms with van der Waals surface area (Å²) < 4.78 is 5.25. The van der Waals surface area contributed by atoms with E-state index in [0.29, 0.717) is 0 Å². The minimum Gasteiger partial charge on any atom is -0.384 e. The van der Waals surface area contributed by atoms with Gasteiger partial charge in [0.15, 0.2) is 0 Å². The van der Waals surface area contributed by atoms with Crippen LogP contribution in [0.2, 0.25) is 0 Å². The lowest BCUT2D eigenvalue weighted by molar-refractivity contribution is 0.0840. The van der Waals surface area contributed by atoms with Gasteiger partial charge in [-0.25, -0.2) is 0 Å². The minimum atomic E-state index is 0.751. The monoisotopic (exact) mass is 231 g/mol. The number of hydrogen-bond acceptors (Lipinski definition) is 3. The second kappa shape index (κ2) is 7.53. The summed E-state index contributed by atoms with van der Waals surface area (Å²) in [5, 5.41) is 0.